The second-order valence-corrected chi connectivity index (χ2v) is 7.30. The lowest BCUT2D eigenvalue weighted by Gasteiger charge is -2.35. The van der Waals surface area contributed by atoms with E-state index >= 15 is 0 Å². The zero-order valence-electron chi connectivity index (χ0n) is 17.9. The van der Waals surface area contributed by atoms with Crippen molar-refractivity contribution in [2.75, 3.05) is 20.8 Å². The maximum Gasteiger partial charge on any atom is 0.340 e. The Hall–Kier alpha value is -3.53. The largest absolute Gasteiger partial charge is 0.469 e. The molecule has 0 radical (unpaired) electrons. The minimum Gasteiger partial charge on any atom is -0.469 e. The summed E-state index contributed by atoms with van der Waals surface area (Å²) in [5.41, 5.74) is 4.76. The average molecular weight is 464 g/mol. The molecule has 0 bridgehead atoms. The van der Waals surface area contributed by atoms with Crippen LogP contribution in [0, 0.1) is 6.92 Å². The average Bonchev–Trinajstić information content (AvgIpc) is 3.09. The van der Waals surface area contributed by atoms with Crippen LogP contribution >= 0.6 is 11.6 Å². The lowest BCUT2D eigenvalue weighted by atomic mass is 9.70. The first-order valence-corrected chi connectivity index (χ1v) is 9.95. The zero-order chi connectivity index (χ0) is 23.6. The molecule has 170 valence electrons. The molecule has 1 aromatic heterocycles. The highest BCUT2D eigenvalue weighted by atomic mass is 35.5. The van der Waals surface area contributed by atoms with Crippen molar-refractivity contribution in [3.8, 4) is 11.6 Å². The second-order valence-electron chi connectivity index (χ2n) is 6.87. The number of nitrogens with two attached hydrogens (primary N) is 1. The van der Waals surface area contributed by atoms with Gasteiger partial charge in [-0.05, 0) is 38.1 Å². The first-order chi connectivity index (χ1) is 15.2. The van der Waals surface area contributed by atoms with Gasteiger partial charge in [-0.2, -0.15) is 5.10 Å². The fourth-order valence-electron chi connectivity index (χ4n) is 3.73. The summed E-state index contributed by atoms with van der Waals surface area (Å²) in [7, 11) is 2.29. The van der Waals surface area contributed by atoms with Gasteiger partial charge in [0, 0.05) is 5.02 Å². The van der Waals surface area contributed by atoms with Crippen molar-refractivity contribution in [3.63, 3.8) is 0 Å². The monoisotopic (exact) mass is 463 g/mol. The standard InChI is InChI=1S/C21H22ClN3O7/c1-5-31-19(27)16-17(23)32-18-15(21(16,20(28)30-4)10-14(26)29-3)11(2)24-25(18)13-8-6-12(22)7-9-13/h6-9H,5,10,23H2,1-4H3. The Bertz CT molecular complexity index is 1110. The topological polar surface area (TPSA) is 132 Å². The minimum atomic E-state index is -2.00. The van der Waals surface area contributed by atoms with Gasteiger partial charge in [0.1, 0.15) is 11.0 Å². The summed E-state index contributed by atoms with van der Waals surface area (Å²) in [6, 6.07) is 6.65. The Morgan fingerprint density at radius 1 is 1.19 bits per heavy atom. The van der Waals surface area contributed by atoms with Gasteiger partial charge >= 0.3 is 17.9 Å². The summed E-state index contributed by atoms with van der Waals surface area (Å²) in [6.45, 7) is 3.20. The summed E-state index contributed by atoms with van der Waals surface area (Å²) in [5.74, 6) is -3.00. The number of nitrogens with zero attached hydrogens (tertiary/aromatic N) is 2. The molecule has 0 spiro atoms. The molecular weight excluding hydrogens is 442 g/mol. The van der Waals surface area contributed by atoms with Crippen molar-refractivity contribution in [2.45, 2.75) is 25.7 Å². The maximum absolute atomic E-state index is 13.3. The molecule has 1 aromatic carbocycles. The minimum absolute atomic E-state index is 0.000958. The number of methoxy groups -OCH3 is 2. The smallest absolute Gasteiger partial charge is 0.340 e. The van der Waals surface area contributed by atoms with Crippen molar-refractivity contribution >= 4 is 29.5 Å². The van der Waals surface area contributed by atoms with Gasteiger partial charge in [-0.25, -0.2) is 9.48 Å². The highest BCUT2D eigenvalue weighted by molar-refractivity contribution is 6.30. The number of aromatic nitrogens is 2. The van der Waals surface area contributed by atoms with E-state index in [9.17, 15) is 14.4 Å². The van der Waals surface area contributed by atoms with Crippen LogP contribution in [0.25, 0.3) is 5.69 Å². The number of carbonyl (C=O) groups is 3. The van der Waals surface area contributed by atoms with Gasteiger partial charge in [-0.15, -0.1) is 0 Å². The molecule has 0 saturated carbocycles. The van der Waals surface area contributed by atoms with Crippen LogP contribution < -0.4 is 10.5 Å². The molecule has 1 atom stereocenters. The lowest BCUT2D eigenvalue weighted by Crippen LogP contribution is -2.48. The van der Waals surface area contributed by atoms with Crippen LogP contribution in [0.1, 0.15) is 24.6 Å². The molecule has 11 heteroatoms. The number of benzene rings is 1. The third kappa shape index (κ3) is 3.66. The normalized spacial score (nSPS) is 17.3. The van der Waals surface area contributed by atoms with Crippen LogP contribution in [-0.2, 0) is 34.0 Å². The molecule has 1 unspecified atom stereocenters. The first-order valence-electron chi connectivity index (χ1n) is 9.57. The van der Waals surface area contributed by atoms with Crippen molar-refractivity contribution in [3.05, 3.63) is 52.0 Å². The molecule has 0 amide bonds. The predicted molar refractivity (Wildman–Crippen MR) is 112 cm³/mol. The third-order valence-electron chi connectivity index (χ3n) is 5.05. The summed E-state index contributed by atoms with van der Waals surface area (Å²) >= 11 is 5.98. The quantitative estimate of drug-likeness (QED) is 0.504. The van der Waals surface area contributed by atoms with Crippen LogP contribution in [0.3, 0.4) is 0 Å². The molecular formula is C21H22ClN3O7. The van der Waals surface area contributed by atoms with Gasteiger partial charge in [-0.1, -0.05) is 11.6 Å². The van der Waals surface area contributed by atoms with Crippen molar-refractivity contribution in [1.82, 2.24) is 9.78 Å². The number of ether oxygens (including phenoxy) is 4. The molecule has 1 aliphatic rings. The fourth-order valence-corrected chi connectivity index (χ4v) is 3.86. The Balaban J connectivity index is 2.37. The van der Waals surface area contributed by atoms with Gasteiger partial charge in [0.25, 0.3) is 0 Å². The number of fused-ring (bicyclic) bond motifs is 1. The Labute approximate surface area is 188 Å². The number of hydrogen-bond acceptors (Lipinski definition) is 9. The Kier molecular flexibility index (Phi) is 6.45. The van der Waals surface area contributed by atoms with Crippen LogP contribution in [0.15, 0.2) is 35.7 Å². The summed E-state index contributed by atoms with van der Waals surface area (Å²) in [5, 5.41) is 4.97. The molecule has 10 nitrogen and oxygen atoms in total. The molecule has 1 aliphatic heterocycles. The van der Waals surface area contributed by atoms with E-state index in [1.165, 1.54) is 4.68 Å². The van der Waals surface area contributed by atoms with E-state index in [4.69, 9.17) is 36.3 Å². The molecule has 2 heterocycles. The van der Waals surface area contributed by atoms with E-state index in [-0.39, 0.29) is 23.6 Å². The number of rotatable bonds is 6. The SMILES string of the molecule is CCOC(=O)C1=C(N)Oc2c(c(C)nn2-c2ccc(Cl)cc2)C1(CC(=O)OC)C(=O)OC. The highest BCUT2D eigenvalue weighted by Crippen LogP contribution is 2.49. The van der Waals surface area contributed by atoms with E-state index in [0.717, 1.165) is 14.2 Å². The zero-order valence-corrected chi connectivity index (χ0v) is 18.7. The van der Waals surface area contributed by atoms with Crippen molar-refractivity contribution in [1.29, 1.82) is 0 Å². The van der Waals surface area contributed by atoms with Gasteiger partial charge in [0.05, 0.1) is 44.2 Å². The third-order valence-corrected chi connectivity index (χ3v) is 5.30. The van der Waals surface area contributed by atoms with Gasteiger partial charge in [0.15, 0.2) is 0 Å². The molecule has 2 aromatic rings. The number of aryl methyl sites for hydroxylation is 1. The van der Waals surface area contributed by atoms with E-state index in [2.05, 4.69) is 5.10 Å². The molecule has 2 N–H and O–H groups in total. The van der Waals surface area contributed by atoms with Gasteiger partial charge in [-0.3, -0.25) is 9.59 Å². The highest BCUT2D eigenvalue weighted by Gasteiger charge is 2.58. The molecule has 0 fully saturated rings. The first kappa shape index (κ1) is 23.1. The summed E-state index contributed by atoms with van der Waals surface area (Å²) in [4.78, 5) is 38.6. The number of hydrogen-bond donors (Lipinski definition) is 1. The van der Waals surface area contributed by atoms with E-state index < -0.39 is 35.6 Å². The van der Waals surface area contributed by atoms with Crippen LogP contribution in [0.2, 0.25) is 5.02 Å². The van der Waals surface area contributed by atoms with E-state index in [1.807, 2.05) is 0 Å². The lowest BCUT2D eigenvalue weighted by molar-refractivity contribution is -0.155. The van der Waals surface area contributed by atoms with Crippen LogP contribution in [0.5, 0.6) is 5.88 Å². The number of esters is 3. The number of carbonyl (C=O) groups excluding carboxylic acids is 3. The predicted octanol–water partition coefficient (Wildman–Crippen LogP) is 1.93. The van der Waals surface area contributed by atoms with E-state index in [0.29, 0.717) is 16.4 Å². The second kappa shape index (κ2) is 8.91. The van der Waals surface area contributed by atoms with Gasteiger partial charge in [0.2, 0.25) is 11.8 Å². The fraction of sp³-hybridized carbons (Fsp3) is 0.333. The van der Waals surface area contributed by atoms with Gasteiger partial charge < -0.3 is 24.7 Å². The summed E-state index contributed by atoms with van der Waals surface area (Å²) in [6.07, 6.45) is -0.589. The van der Waals surface area contributed by atoms with Crippen LogP contribution in [0.4, 0.5) is 0 Å². The van der Waals surface area contributed by atoms with E-state index in [1.54, 1.807) is 38.1 Å². The Morgan fingerprint density at radius 2 is 1.84 bits per heavy atom. The molecule has 3 rings (SSSR count). The Morgan fingerprint density at radius 3 is 2.41 bits per heavy atom. The summed E-state index contributed by atoms with van der Waals surface area (Å²) < 4.78 is 22.1. The molecule has 0 aliphatic carbocycles. The van der Waals surface area contributed by atoms with Crippen molar-refractivity contribution < 1.29 is 33.3 Å². The molecule has 32 heavy (non-hydrogen) atoms. The molecule has 0 saturated heterocycles. The van der Waals surface area contributed by atoms with Crippen LogP contribution in [-0.4, -0.2) is 48.5 Å². The maximum atomic E-state index is 13.3. The van der Waals surface area contributed by atoms with Crippen molar-refractivity contribution in [2.24, 2.45) is 5.73 Å². The number of halogens is 1.